The van der Waals surface area contributed by atoms with Crippen LogP contribution in [0.4, 0.5) is 0 Å². The van der Waals surface area contributed by atoms with Gasteiger partial charge in [-0.05, 0) is 29.0 Å². The van der Waals surface area contributed by atoms with Crippen LogP contribution in [0, 0.1) is 0 Å². The van der Waals surface area contributed by atoms with Gasteiger partial charge in [0.15, 0.2) is 0 Å². The molecule has 0 saturated heterocycles. The van der Waals surface area contributed by atoms with Gasteiger partial charge in [0.2, 0.25) is 0 Å². The van der Waals surface area contributed by atoms with Crippen molar-refractivity contribution in [2.45, 2.75) is 6.10 Å². The molecule has 3 N–H and O–H groups in total. The van der Waals surface area contributed by atoms with Crippen LogP contribution < -0.4 is 10.5 Å². The minimum atomic E-state index is -0.713. The fourth-order valence-corrected chi connectivity index (χ4v) is 2.32. The number of rotatable bonds is 3. The molecule has 1 atom stereocenters. The standard InChI is InChI=1S/C13H14BrNO2/c1-17-12-5-2-8-6-9(14)3-4-10(8)13(12)11(16)7-15/h2-6,11,16H,7,15H2,1H3. The Balaban J connectivity index is 2.74. The highest BCUT2D eigenvalue weighted by atomic mass is 79.9. The maximum atomic E-state index is 9.99. The maximum absolute atomic E-state index is 9.99. The van der Waals surface area contributed by atoms with Crippen LogP contribution in [0.15, 0.2) is 34.8 Å². The SMILES string of the molecule is COc1ccc2cc(Br)ccc2c1C(O)CN. The van der Waals surface area contributed by atoms with Gasteiger partial charge in [-0.25, -0.2) is 0 Å². The first kappa shape index (κ1) is 12.4. The molecule has 0 radical (unpaired) electrons. The lowest BCUT2D eigenvalue weighted by Gasteiger charge is -2.16. The molecule has 0 heterocycles. The molecule has 0 bridgehead atoms. The number of benzene rings is 2. The minimum Gasteiger partial charge on any atom is -0.496 e. The summed E-state index contributed by atoms with van der Waals surface area (Å²) in [6, 6.07) is 9.71. The molecule has 0 aliphatic carbocycles. The molecule has 0 aromatic heterocycles. The number of ether oxygens (including phenoxy) is 1. The van der Waals surface area contributed by atoms with Gasteiger partial charge in [-0.2, -0.15) is 0 Å². The molecule has 1 unspecified atom stereocenters. The third-order valence-corrected chi connectivity index (χ3v) is 3.25. The first-order valence-corrected chi connectivity index (χ1v) is 6.11. The number of nitrogens with two attached hydrogens (primary N) is 1. The Hall–Kier alpha value is -1.10. The zero-order chi connectivity index (χ0) is 12.4. The van der Waals surface area contributed by atoms with E-state index in [0.29, 0.717) is 5.75 Å². The van der Waals surface area contributed by atoms with E-state index < -0.39 is 6.10 Å². The van der Waals surface area contributed by atoms with Crippen molar-refractivity contribution in [2.24, 2.45) is 5.73 Å². The molecule has 2 aromatic carbocycles. The fraction of sp³-hybridized carbons (Fsp3) is 0.231. The Bertz CT molecular complexity index is 542. The van der Waals surface area contributed by atoms with Gasteiger partial charge in [0.1, 0.15) is 5.75 Å². The molecule has 0 aliphatic heterocycles. The smallest absolute Gasteiger partial charge is 0.125 e. The third kappa shape index (κ3) is 2.29. The van der Waals surface area contributed by atoms with Gasteiger partial charge in [0, 0.05) is 16.6 Å². The Morgan fingerprint density at radius 3 is 2.76 bits per heavy atom. The Kier molecular flexibility index (Phi) is 3.66. The van der Waals surface area contributed by atoms with Crippen molar-refractivity contribution in [3.8, 4) is 5.75 Å². The molecule has 0 spiro atoms. The van der Waals surface area contributed by atoms with E-state index in [2.05, 4.69) is 15.9 Å². The molecule has 0 aliphatic rings. The lowest BCUT2D eigenvalue weighted by molar-refractivity contribution is 0.184. The summed E-state index contributed by atoms with van der Waals surface area (Å²) in [6.45, 7) is 0.172. The number of hydrogen-bond acceptors (Lipinski definition) is 3. The second-order valence-corrected chi connectivity index (χ2v) is 4.71. The summed E-state index contributed by atoms with van der Waals surface area (Å²) in [4.78, 5) is 0. The summed E-state index contributed by atoms with van der Waals surface area (Å²) in [7, 11) is 1.59. The van der Waals surface area contributed by atoms with Crippen molar-refractivity contribution in [1.82, 2.24) is 0 Å². The Morgan fingerprint density at radius 2 is 2.12 bits per heavy atom. The number of hydrogen-bond donors (Lipinski definition) is 2. The van der Waals surface area contributed by atoms with Crippen LogP contribution in [0.25, 0.3) is 10.8 Å². The lowest BCUT2D eigenvalue weighted by Crippen LogP contribution is -2.13. The van der Waals surface area contributed by atoms with Gasteiger partial charge in [-0.3, -0.25) is 0 Å². The summed E-state index contributed by atoms with van der Waals surface area (Å²) in [5, 5.41) is 12.0. The van der Waals surface area contributed by atoms with Gasteiger partial charge in [-0.15, -0.1) is 0 Å². The van der Waals surface area contributed by atoms with Crippen LogP contribution in [0.5, 0.6) is 5.75 Å². The molecule has 0 fully saturated rings. The number of fused-ring (bicyclic) bond motifs is 1. The normalized spacial score (nSPS) is 12.7. The fourth-order valence-electron chi connectivity index (χ4n) is 1.94. The monoisotopic (exact) mass is 295 g/mol. The van der Waals surface area contributed by atoms with Crippen LogP contribution in [0.2, 0.25) is 0 Å². The summed E-state index contributed by atoms with van der Waals surface area (Å²) < 4.78 is 6.28. The second-order valence-electron chi connectivity index (χ2n) is 3.80. The van der Waals surface area contributed by atoms with E-state index in [9.17, 15) is 5.11 Å². The number of halogens is 1. The summed E-state index contributed by atoms with van der Waals surface area (Å²) in [6.07, 6.45) is -0.713. The molecule has 3 nitrogen and oxygen atoms in total. The largest absolute Gasteiger partial charge is 0.496 e. The highest BCUT2D eigenvalue weighted by Gasteiger charge is 2.15. The molecule has 0 amide bonds. The number of methoxy groups -OCH3 is 1. The first-order chi connectivity index (χ1) is 8.17. The maximum Gasteiger partial charge on any atom is 0.125 e. The summed E-state index contributed by atoms with van der Waals surface area (Å²) in [5.74, 6) is 0.665. The molecular formula is C13H14BrNO2. The van der Waals surface area contributed by atoms with Gasteiger partial charge >= 0.3 is 0 Å². The predicted molar refractivity (Wildman–Crippen MR) is 72.2 cm³/mol. The zero-order valence-electron chi connectivity index (χ0n) is 9.48. The van der Waals surface area contributed by atoms with E-state index >= 15 is 0 Å². The topological polar surface area (TPSA) is 55.5 Å². The third-order valence-electron chi connectivity index (χ3n) is 2.76. The van der Waals surface area contributed by atoms with Crippen LogP contribution in [0.1, 0.15) is 11.7 Å². The van der Waals surface area contributed by atoms with Gasteiger partial charge in [0.25, 0.3) is 0 Å². The highest BCUT2D eigenvalue weighted by Crippen LogP contribution is 2.33. The molecule has 2 aromatic rings. The second kappa shape index (κ2) is 5.04. The van der Waals surface area contributed by atoms with Crippen molar-refractivity contribution in [2.75, 3.05) is 13.7 Å². The Labute approximate surface area is 108 Å². The summed E-state index contributed by atoms with van der Waals surface area (Å²) in [5.41, 5.74) is 6.28. The highest BCUT2D eigenvalue weighted by molar-refractivity contribution is 9.10. The van der Waals surface area contributed by atoms with Gasteiger partial charge in [-0.1, -0.05) is 28.1 Å². The average molecular weight is 296 g/mol. The molecule has 17 heavy (non-hydrogen) atoms. The summed E-state index contributed by atoms with van der Waals surface area (Å²) >= 11 is 3.43. The van der Waals surface area contributed by atoms with Crippen LogP contribution in [-0.4, -0.2) is 18.8 Å². The van der Waals surface area contributed by atoms with E-state index in [1.165, 1.54) is 0 Å². The average Bonchev–Trinajstić information content (AvgIpc) is 2.36. The van der Waals surface area contributed by atoms with Crippen molar-refractivity contribution in [3.63, 3.8) is 0 Å². The van der Waals surface area contributed by atoms with Crippen molar-refractivity contribution < 1.29 is 9.84 Å². The van der Waals surface area contributed by atoms with Crippen molar-refractivity contribution >= 4 is 26.7 Å². The minimum absolute atomic E-state index is 0.172. The number of aliphatic hydroxyl groups is 1. The molecule has 4 heteroatoms. The lowest BCUT2D eigenvalue weighted by atomic mass is 9.99. The van der Waals surface area contributed by atoms with Crippen LogP contribution in [-0.2, 0) is 0 Å². The van der Waals surface area contributed by atoms with Crippen LogP contribution in [0.3, 0.4) is 0 Å². The molecule has 0 saturated carbocycles. The van der Waals surface area contributed by atoms with Gasteiger partial charge < -0.3 is 15.6 Å². The quantitative estimate of drug-likeness (QED) is 0.915. The zero-order valence-corrected chi connectivity index (χ0v) is 11.1. The first-order valence-electron chi connectivity index (χ1n) is 5.31. The predicted octanol–water partition coefficient (Wildman–Crippen LogP) is 2.60. The molecule has 90 valence electrons. The molecular weight excluding hydrogens is 282 g/mol. The van der Waals surface area contributed by atoms with E-state index in [1.807, 2.05) is 30.3 Å². The van der Waals surface area contributed by atoms with E-state index in [4.69, 9.17) is 10.5 Å². The Morgan fingerprint density at radius 1 is 1.35 bits per heavy atom. The van der Waals surface area contributed by atoms with E-state index in [0.717, 1.165) is 20.8 Å². The van der Waals surface area contributed by atoms with Crippen molar-refractivity contribution in [3.05, 3.63) is 40.4 Å². The van der Waals surface area contributed by atoms with E-state index in [1.54, 1.807) is 7.11 Å². The van der Waals surface area contributed by atoms with Crippen molar-refractivity contribution in [1.29, 1.82) is 0 Å². The number of aliphatic hydroxyl groups excluding tert-OH is 1. The van der Waals surface area contributed by atoms with E-state index in [-0.39, 0.29) is 6.54 Å². The van der Waals surface area contributed by atoms with Crippen LogP contribution >= 0.6 is 15.9 Å². The van der Waals surface area contributed by atoms with Gasteiger partial charge in [0.05, 0.1) is 13.2 Å². The molecule has 2 rings (SSSR count).